The van der Waals surface area contributed by atoms with Crippen molar-refractivity contribution in [1.82, 2.24) is 9.97 Å². The van der Waals surface area contributed by atoms with Crippen molar-refractivity contribution in [2.75, 3.05) is 11.9 Å². The third kappa shape index (κ3) is 3.49. The third-order valence-electron chi connectivity index (χ3n) is 3.12. The zero-order chi connectivity index (χ0) is 14.7. The number of benzene rings is 1. The van der Waals surface area contributed by atoms with Crippen LogP contribution in [0.5, 0.6) is 0 Å². The molecule has 0 atom stereocenters. The van der Waals surface area contributed by atoms with Crippen LogP contribution in [0.2, 0.25) is 5.15 Å². The van der Waals surface area contributed by atoms with Gasteiger partial charge in [-0.2, -0.15) is 0 Å². The Morgan fingerprint density at radius 3 is 2.45 bits per heavy atom. The summed E-state index contributed by atoms with van der Waals surface area (Å²) in [5, 5.41) is 0.537. The largest absolute Gasteiger partial charge is 0.355 e. The number of rotatable bonds is 4. The molecule has 1 heterocycles. The van der Waals surface area contributed by atoms with E-state index >= 15 is 0 Å². The Balaban J connectivity index is 2.26. The van der Waals surface area contributed by atoms with Gasteiger partial charge in [-0.1, -0.05) is 46.6 Å². The zero-order valence-electron chi connectivity index (χ0n) is 11.8. The van der Waals surface area contributed by atoms with Crippen molar-refractivity contribution < 1.29 is 0 Å². The monoisotopic (exact) mass is 353 g/mol. The summed E-state index contributed by atoms with van der Waals surface area (Å²) in [5.74, 6) is 1.67. The second-order valence-electron chi connectivity index (χ2n) is 4.72. The Morgan fingerprint density at radius 1 is 1.20 bits per heavy atom. The molecule has 2 aromatic rings. The van der Waals surface area contributed by atoms with Crippen LogP contribution in [0.25, 0.3) is 0 Å². The van der Waals surface area contributed by atoms with Gasteiger partial charge in [0.15, 0.2) is 0 Å². The summed E-state index contributed by atoms with van der Waals surface area (Å²) in [4.78, 5) is 11.0. The Labute approximate surface area is 133 Å². The van der Waals surface area contributed by atoms with Gasteiger partial charge in [-0.05, 0) is 24.6 Å². The minimum Gasteiger partial charge on any atom is -0.355 e. The van der Waals surface area contributed by atoms with Gasteiger partial charge in [0.1, 0.15) is 16.8 Å². The topological polar surface area (TPSA) is 29.0 Å². The van der Waals surface area contributed by atoms with E-state index in [0.29, 0.717) is 5.15 Å². The predicted molar refractivity (Wildman–Crippen MR) is 87.4 cm³/mol. The molecule has 3 nitrogen and oxygen atoms in total. The molecule has 0 aliphatic heterocycles. The first-order valence-corrected chi connectivity index (χ1v) is 7.67. The highest BCUT2D eigenvalue weighted by Gasteiger charge is 2.12. The zero-order valence-corrected chi connectivity index (χ0v) is 14.2. The van der Waals surface area contributed by atoms with Gasteiger partial charge in [0, 0.05) is 30.0 Å². The maximum Gasteiger partial charge on any atom is 0.137 e. The van der Waals surface area contributed by atoms with Crippen molar-refractivity contribution in [3.63, 3.8) is 0 Å². The number of aromatic nitrogens is 2. The first kappa shape index (κ1) is 15.3. The van der Waals surface area contributed by atoms with Crippen LogP contribution < -0.4 is 4.90 Å². The minimum atomic E-state index is 0.537. The van der Waals surface area contributed by atoms with Gasteiger partial charge >= 0.3 is 0 Å². The van der Waals surface area contributed by atoms with Gasteiger partial charge in [-0.25, -0.2) is 9.97 Å². The Kier molecular flexibility index (Phi) is 5.00. The van der Waals surface area contributed by atoms with E-state index in [9.17, 15) is 0 Å². The van der Waals surface area contributed by atoms with E-state index in [4.69, 9.17) is 11.6 Å². The summed E-state index contributed by atoms with van der Waals surface area (Å²) in [7, 11) is 2.02. The minimum absolute atomic E-state index is 0.537. The lowest BCUT2D eigenvalue weighted by Crippen LogP contribution is -2.20. The average Bonchev–Trinajstić information content (AvgIpc) is 2.44. The summed E-state index contributed by atoms with van der Waals surface area (Å²) >= 11 is 9.63. The summed E-state index contributed by atoms with van der Waals surface area (Å²) in [6.07, 6.45) is 0.777. The lowest BCUT2D eigenvalue weighted by Gasteiger charge is -2.21. The van der Waals surface area contributed by atoms with E-state index in [0.717, 1.165) is 34.6 Å². The molecule has 0 unspecified atom stereocenters. The first-order chi connectivity index (χ1) is 9.51. The fourth-order valence-corrected chi connectivity index (χ4v) is 2.44. The number of nitrogens with zero attached hydrogens (tertiary/aromatic N) is 3. The molecule has 106 valence electrons. The van der Waals surface area contributed by atoms with E-state index in [2.05, 4.69) is 42.9 Å². The highest BCUT2D eigenvalue weighted by Crippen LogP contribution is 2.24. The second-order valence-corrected chi connectivity index (χ2v) is 5.99. The van der Waals surface area contributed by atoms with Gasteiger partial charge in [0.2, 0.25) is 0 Å². The number of anilines is 1. The fourth-order valence-electron chi connectivity index (χ4n) is 1.99. The third-order valence-corrected chi connectivity index (χ3v) is 4.01. The molecule has 0 aliphatic carbocycles. The molecular formula is C15H17BrClN3. The number of hydrogen-bond acceptors (Lipinski definition) is 3. The van der Waals surface area contributed by atoms with Crippen molar-refractivity contribution in [3.8, 4) is 0 Å². The second kappa shape index (κ2) is 6.55. The number of halogens is 2. The fraction of sp³-hybridized carbons (Fsp3) is 0.333. The molecule has 0 fully saturated rings. The van der Waals surface area contributed by atoms with Crippen LogP contribution in [0.3, 0.4) is 0 Å². The standard InChI is InChI=1S/C15H17BrClN3/c1-4-13-18-14(17)10(2)15(19-13)20(3)9-11-5-7-12(16)8-6-11/h5-8H,4,9H2,1-3H3. The molecule has 20 heavy (non-hydrogen) atoms. The van der Waals surface area contributed by atoms with E-state index in [-0.39, 0.29) is 0 Å². The van der Waals surface area contributed by atoms with Gasteiger partial charge in [-0.15, -0.1) is 0 Å². The van der Waals surface area contributed by atoms with E-state index in [1.807, 2.05) is 33.0 Å². The van der Waals surface area contributed by atoms with Gasteiger partial charge in [0.05, 0.1) is 0 Å². The molecule has 0 amide bonds. The van der Waals surface area contributed by atoms with Crippen LogP contribution in [0.15, 0.2) is 28.7 Å². The van der Waals surface area contributed by atoms with Gasteiger partial charge < -0.3 is 4.90 Å². The number of aryl methyl sites for hydroxylation is 1. The van der Waals surface area contributed by atoms with Crippen LogP contribution in [-0.2, 0) is 13.0 Å². The summed E-state index contributed by atoms with van der Waals surface area (Å²) in [5.41, 5.74) is 2.14. The van der Waals surface area contributed by atoms with Gasteiger partial charge in [0.25, 0.3) is 0 Å². The van der Waals surface area contributed by atoms with Crippen molar-refractivity contribution in [2.45, 2.75) is 26.8 Å². The van der Waals surface area contributed by atoms with Crippen molar-refractivity contribution in [2.24, 2.45) is 0 Å². The van der Waals surface area contributed by atoms with E-state index < -0.39 is 0 Å². The maximum atomic E-state index is 6.18. The smallest absolute Gasteiger partial charge is 0.137 e. The Morgan fingerprint density at radius 2 is 1.85 bits per heavy atom. The molecule has 0 bridgehead atoms. The molecule has 2 rings (SSSR count). The Bertz CT molecular complexity index is 599. The van der Waals surface area contributed by atoms with Crippen LogP contribution in [0.1, 0.15) is 23.9 Å². The van der Waals surface area contributed by atoms with Crippen LogP contribution in [0.4, 0.5) is 5.82 Å². The summed E-state index contributed by atoms with van der Waals surface area (Å²) < 4.78 is 1.08. The summed E-state index contributed by atoms with van der Waals surface area (Å²) in [6.45, 7) is 4.76. The normalized spacial score (nSPS) is 10.7. The molecule has 0 radical (unpaired) electrons. The molecule has 0 saturated carbocycles. The SMILES string of the molecule is CCc1nc(Cl)c(C)c(N(C)Cc2ccc(Br)cc2)n1. The molecule has 0 saturated heterocycles. The lowest BCUT2D eigenvalue weighted by atomic mass is 10.2. The van der Waals surface area contributed by atoms with E-state index in [1.165, 1.54) is 5.56 Å². The highest BCUT2D eigenvalue weighted by molar-refractivity contribution is 9.10. The molecule has 0 spiro atoms. The van der Waals surface area contributed by atoms with Crippen molar-refractivity contribution >= 4 is 33.3 Å². The highest BCUT2D eigenvalue weighted by atomic mass is 79.9. The molecular weight excluding hydrogens is 338 g/mol. The van der Waals surface area contributed by atoms with Crippen molar-refractivity contribution in [1.29, 1.82) is 0 Å². The number of hydrogen-bond donors (Lipinski definition) is 0. The molecule has 1 aromatic carbocycles. The first-order valence-electron chi connectivity index (χ1n) is 6.50. The lowest BCUT2D eigenvalue weighted by molar-refractivity contribution is 0.849. The van der Waals surface area contributed by atoms with Crippen LogP contribution in [0, 0.1) is 6.92 Å². The molecule has 1 aromatic heterocycles. The van der Waals surface area contributed by atoms with Gasteiger partial charge in [-0.3, -0.25) is 0 Å². The molecule has 0 N–H and O–H groups in total. The van der Waals surface area contributed by atoms with Crippen molar-refractivity contribution in [3.05, 3.63) is 50.8 Å². The van der Waals surface area contributed by atoms with E-state index in [1.54, 1.807) is 0 Å². The average molecular weight is 355 g/mol. The quantitative estimate of drug-likeness (QED) is 0.762. The molecule has 5 heteroatoms. The Hall–Kier alpha value is -1.13. The van der Waals surface area contributed by atoms with Crippen LogP contribution in [-0.4, -0.2) is 17.0 Å². The predicted octanol–water partition coefficient (Wildman–Crippen LogP) is 4.40. The maximum absolute atomic E-state index is 6.18. The summed E-state index contributed by atoms with van der Waals surface area (Å²) in [6, 6.07) is 8.28. The molecule has 0 aliphatic rings. The van der Waals surface area contributed by atoms with Crippen LogP contribution >= 0.6 is 27.5 Å².